The van der Waals surface area contributed by atoms with E-state index in [2.05, 4.69) is 114 Å². The van der Waals surface area contributed by atoms with Crippen LogP contribution in [0.2, 0.25) is 0 Å². The summed E-state index contributed by atoms with van der Waals surface area (Å²) in [4.78, 5) is 9.55. The average Bonchev–Trinajstić information content (AvgIpc) is 3.99. The zero-order chi connectivity index (χ0) is 33.8. The molecule has 0 fully saturated rings. The lowest BCUT2D eigenvalue weighted by Gasteiger charge is -2.09. The van der Waals surface area contributed by atoms with E-state index in [0.29, 0.717) is 10.3 Å². The third-order valence-corrected chi connectivity index (χ3v) is 9.91. The molecule has 7 aromatic heterocycles. The lowest BCUT2D eigenvalue weighted by Crippen LogP contribution is -1.98. The zero-order valence-electron chi connectivity index (χ0n) is 26.1. The van der Waals surface area contributed by atoms with Crippen molar-refractivity contribution in [1.82, 2.24) is 59.5 Å². The van der Waals surface area contributed by atoms with Gasteiger partial charge in [0.05, 0.1) is 44.5 Å². The summed E-state index contributed by atoms with van der Waals surface area (Å²) in [5, 5.41) is 28.3. The first-order chi connectivity index (χ1) is 25.1. The van der Waals surface area contributed by atoms with Crippen LogP contribution in [0, 0.1) is 0 Å². The Kier molecular flexibility index (Phi) is 5.80. The normalized spacial score (nSPS) is 12.1. The first-order valence-corrected chi connectivity index (χ1v) is 16.7. The van der Waals surface area contributed by atoms with Gasteiger partial charge in [-0.2, -0.15) is 9.36 Å². The van der Waals surface area contributed by atoms with Crippen LogP contribution >= 0.6 is 25.3 Å². The number of thiol groups is 2. The van der Waals surface area contributed by atoms with Crippen LogP contribution < -0.4 is 0 Å². The number of hydrogen-bond donors (Lipinski definition) is 2. The lowest BCUT2D eigenvalue weighted by atomic mass is 10.1. The van der Waals surface area contributed by atoms with Crippen LogP contribution in [0.5, 0.6) is 0 Å². The van der Waals surface area contributed by atoms with Crippen LogP contribution in [-0.2, 0) is 0 Å². The second kappa shape index (κ2) is 10.5. The van der Waals surface area contributed by atoms with Crippen molar-refractivity contribution in [3.8, 4) is 22.7 Å². The van der Waals surface area contributed by atoms with Crippen molar-refractivity contribution < 1.29 is 4.42 Å². The topological polar surface area (TPSA) is 136 Å². The van der Waals surface area contributed by atoms with Gasteiger partial charge < -0.3 is 13.6 Å². The van der Waals surface area contributed by atoms with Crippen LogP contribution in [0.15, 0.2) is 124 Å². The molecule has 0 N–H and O–H groups in total. The third kappa shape index (κ3) is 4.06. The molecule has 0 unspecified atom stereocenters. The first-order valence-electron chi connectivity index (χ1n) is 15.8. The van der Waals surface area contributed by atoms with E-state index in [9.17, 15) is 0 Å². The second-order valence-electron chi connectivity index (χ2n) is 12.1. The van der Waals surface area contributed by atoms with Crippen molar-refractivity contribution in [3.05, 3.63) is 109 Å². The fraction of sp³-hybridized carbons (Fsp3) is 0. The Morgan fingerprint density at radius 3 is 1.37 bits per heavy atom. The molecule has 0 aliphatic heterocycles. The van der Waals surface area contributed by atoms with Crippen molar-refractivity contribution >= 4 is 91.1 Å². The van der Waals surface area contributed by atoms with Crippen LogP contribution in [-0.4, -0.2) is 59.5 Å². The number of fused-ring (bicyclic) bond motifs is 9. The first kappa shape index (κ1) is 28.3. The summed E-state index contributed by atoms with van der Waals surface area (Å²) in [7, 11) is 0. The number of aromatic nitrogens is 12. The third-order valence-electron chi connectivity index (χ3n) is 9.35. The van der Waals surface area contributed by atoms with Crippen LogP contribution in [0.1, 0.15) is 0 Å². The van der Waals surface area contributed by atoms with E-state index in [1.165, 1.54) is 0 Å². The zero-order valence-corrected chi connectivity index (χ0v) is 27.9. The highest BCUT2D eigenvalue weighted by atomic mass is 32.1. The van der Waals surface area contributed by atoms with Crippen molar-refractivity contribution in [1.29, 1.82) is 0 Å². The van der Waals surface area contributed by atoms with E-state index in [1.807, 2.05) is 60.9 Å². The molecule has 0 radical (unpaired) electrons. The van der Waals surface area contributed by atoms with Gasteiger partial charge in [0.15, 0.2) is 0 Å². The number of tetrazole rings is 2. The quantitative estimate of drug-likeness (QED) is 0.184. The van der Waals surface area contributed by atoms with Crippen molar-refractivity contribution in [2.45, 2.75) is 10.3 Å². The number of benzene rings is 4. The maximum Gasteiger partial charge on any atom is 0.211 e. The van der Waals surface area contributed by atoms with Gasteiger partial charge in [-0.05, 0) is 118 Å². The fourth-order valence-corrected chi connectivity index (χ4v) is 7.59. The van der Waals surface area contributed by atoms with Crippen molar-refractivity contribution in [3.63, 3.8) is 0 Å². The Labute approximate surface area is 296 Å². The van der Waals surface area contributed by atoms with Crippen LogP contribution in [0.3, 0.4) is 0 Å². The predicted molar refractivity (Wildman–Crippen MR) is 198 cm³/mol. The monoisotopic (exact) mass is 700 g/mol. The molecule has 0 aliphatic carbocycles. The molecule has 0 saturated heterocycles. The molecule has 0 spiro atoms. The Morgan fingerprint density at radius 1 is 0.471 bits per heavy atom. The molecule has 0 atom stereocenters. The summed E-state index contributed by atoms with van der Waals surface area (Å²) in [6.45, 7) is 0. The maximum atomic E-state index is 6.38. The van der Waals surface area contributed by atoms with Gasteiger partial charge in [-0.3, -0.25) is 9.97 Å². The molecule has 0 saturated carbocycles. The molecule has 11 rings (SSSR count). The predicted octanol–water partition coefficient (Wildman–Crippen LogP) is 7.10. The summed E-state index contributed by atoms with van der Waals surface area (Å²) < 4.78 is 14.0. The standard InChI is InChI=1S/C36H20N12OS2/c50-35-39-41-43-47(35)21-5-9-27-25(17-21)33-29(3-1-13-37-33)45(27)19-7-11-31-23(15-19)24-16-20(8-12-32(24)49-31)46-28-10-6-22(48-36(51)40-42-44-48)18-26(28)34-30(46)4-2-14-38-34/h1-18H,(H,39,43,50)(H,40,44,51). The molecule has 13 nitrogen and oxygen atoms in total. The highest BCUT2D eigenvalue weighted by molar-refractivity contribution is 7.80. The molecule has 4 aromatic carbocycles. The van der Waals surface area contributed by atoms with Gasteiger partial charge in [-0.1, -0.05) is 0 Å². The maximum absolute atomic E-state index is 6.38. The minimum atomic E-state index is 0.404. The van der Waals surface area contributed by atoms with Gasteiger partial charge in [-0.15, -0.1) is 35.5 Å². The van der Waals surface area contributed by atoms with Crippen LogP contribution in [0.4, 0.5) is 0 Å². The summed E-state index contributed by atoms with van der Waals surface area (Å²) in [6, 6.07) is 32.8. The van der Waals surface area contributed by atoms with Gasteiger partial charge in [0.25, 0.3) is 0 Å². The highest BCUT2D eigenvalue weighted by Crippen LogP contribution is 2.38. The second-order valence-corrected chi connectivity index (χ2v) is 12.9. The van der Waals surface area contributed by atoms with Gasteiger partial charge in [0.2, 0.25) is 10.3 Å². The molecule has 7 heterocycles. The van der Waals surface area contributed by atoms with E-state index in [1.54, 1.807) is 9.36 Å². The van der Waals surface area contributed by atoms with E-state index >= 15 is 0 Å². The Morgan fingerprint density at radius 2 is 0.922 bits per heavy atom. The lowest BCUT2D eigenvalue weighted by molar-refractivity contribution is 0.669. The summed E-state index contributed by atoms with van der Waals surface area (Å²) in [6.07, 6.45) is 3.62. The molecular formula is C36H20N12OS2. The average molecular weight is 701 g/mol. The molecular weight excluding hydrogens is 681 g/mol. The number of hydrogen-bond acceptors (Lipinski definition) is 11. The Balaban J connectivity index is 1.11. The number of pyridine rings is 2. The molecule has 11 aromatic rings. The van der Waals surface area contributed by atoms with E-state index in [-0.39, 0.29) is 0 Å². The highest BCUT2D eigenvalue weighted by Gasteiger charge is 2.19. The van der Waals surface area contributed by atoms with Gasteiger partial charge in [0, 0.05) is 45.3 Å². The molecule has 0 amide bonds. The fourth-order valence-electron chi connectivity index (χ4n) is 7.20. The summed E-state index contributed by atoms with van der Waals surface area (Å²) >= 11 is 8.82. The largest absolute Gasteiger partial charge is 0.456 e. The van der Waals surface area contributed by atoms with E-state index in [4.69, 9.17) is 14.4 Å². The Bertz CT molecular complexity index is 2990. The smallest absolute Gasteiger partial charge is 0.211 e. The molecule has 15 heteroatoms. The van der Waals surface area contributed by atoms with Gasteiger partial charge >= 0.3 is 0 Å². The SMILES string of the molecule is Sc1nnnn1-c1ccc2c(c1)c1ncccc1n2-c1ccc2oc3ccc(-n4c5ccc(-n6nnnc6S)cc5c5ncccc54)cc3c2c1. The molecule has 51 heavy (non-hydrogen) atoms. The minimum absolute atomic E-state index is 0.404. The summed E-state index contributed by atoms with van der Waals surface area (Å²) in [5.74, 6) is 0. The van der Waals surface area contributed by atoms with E-state index < -0.39 is 0 Å². The number of nitrogens with zero attached hydrogens (tertiary/aromatic N) is 12. The van der Waals surface area contributed by atoms with Gasteiger partial charge in [-0.25, -0.2) is 0 Å². The number of furan rings is 1. The minimum Gasteiger partial charge on any atom is -0.456 e. The molecule has 0 bridgehead atoms. The Hall–Kier alpha value is -6.58. The van der Waals surface area contributed by atoms with Gasteiger partial charge in [0.1, 0.15) is 11.2 Å². The molecule has 242 valence electrons. The number of rotatable bonds is 4. The molecule has 0 aliphatic rings. The van der Waals surface area contributed by atoms with Crippen molar-refractivity contribution in [2.75, 3.05) is 0 Å². The van der Waals surface area contributed by atoms with Crippen molar-refractivity contribution in [2.24, 2.45) is 0 Å². The van der Waals surface area contributed by atoms with Crippen LogP contribution in [0.25, 0.3) is 88.6 Å². The summed E-state index contributed by atoms with van der Waals surface area (Å²) in [5.41, 5.74) is 10.8. The van der Waals surface area contributed by atoms with E-state index in [0.717, 1.165) is 88.6 Å².